The SMILES string of the molecule is [O]c1ccc2c(c1)CCCN2c1ccc(Cl)cc1. The molecule has 0 aromatic heterocycles. The highest BCUT2D eigenvalue weighted by molar-refractivity contribution is 6.30. The predicted molar refractivity (Wildman–Crippen MR) is 73.4 cm³/mol. The van der Waals surface area contributed by atoms with E-state index in [0.29, 0.717) is 0 Å². The Morgan fingerprint density at radius 1 is 1.06 bits per heavy atom. The van der Waals surface area contributed by atoms with E-state index in [-0.39, 0.29) is 5.75 Å². The fourth-order valence-corrected chi connectivity index (χ4v) is 2.59. The van der Waals surface area contributed by atoms with Crippen molar-refractivity contribution in [2.75, 3.05) is 11.4 Å². The molecule has 18 heavy (non-hydrogen) atoms. The minimum absolute atomic E-state index is 0.0895. The summed E-state index contributed by atoms with van der Waals surface area (Å²) < 4.78 is 0. The molecule has 3 rings (SSSR count). The van der Waals surface area contributed by atoms with Gasteiger partial charge in [-0.25, -0.2) is 0 Å². The van der Waals surface area contributed by atoms with E-state index in [1.165, 1.54) is 0 Å². The van der Waals surface area contributed by atoms with Gasteiger partial charge in [-0.3, -0.25) is 5.11 Å². The molecule has 0 saturated carbocycles. The van der Waals surface area contributed by atoms with Gasteiger partial charge in [-0.15, -0.1) is 0 Å². The van der Waals surface area contributed by atoms with Gasteiger partial charge in [-0.1, -0.05) is 11.6 Å². The highest BCUT2D eigenvalue weighted by Gasteiger charge is 2.18. The summed E-state index contributed by atoms with van der Waals surface area (Å²) in [6.45, 7) is 0.979. The molecule has 0 fully saturated rings. The second-order valence-electron chi connectivity index (χ2n) is 4.52. The Morgan fingerprint density at radius 2 is 1.83 bits per heavy atom. The van der Waals surface area contributed by atoms with Gasteiger partial charge in [-0.05, 0) is 60.9 Å². The molecule has 2 aromatic carbocycles. The summed E-state index contributed by atoms with van der Waals surface area (Å²) in [7, 11) is 0. The fraction of sp³-hybridized carbons (Fsp3) is 0.200. The van der Waals surface area contributed by atoms with Gasteiger partial charge >= 0.3 is 0 Å². The molecule has 1 radical (unpaired) electrons. The lowest BCUT2D eigenvalue weighted by Gasteiger charge is -2.31. The Hall–Kier alpha value is -1.67. The monoisotopic (exact) mass is 258 g/mol. The summed E-state index contributed by atoms with van der Waals surface area (Å²) in [6, 6.07) is 13.1. The minimum atomic E-state index is 0.0895. The van der Waals surface area contributed by atoms with Crippen LogP contribution in [0.25, 0.3) is 0 Å². The van der Waals surface area contributed by atoms with E-state index >= 15 is 0 Å². The maximum absolute atomic E-state index is 11.4. The number of fused-ring (bicyclic) bond motifs is 1. The number of hydrogen-bond acceptors (Lipinski definition) is 1. The summed E-state index contributed by atoms with van der Waals surface area (Å²) in [4.78, 5) is 2.24. The van der Waals surface area contributed by atoms with Crippen LogP contribution in [0.4, 0.5) is 11.4 Å². The molecule has 3 heteroatoms. The number of halogens is 1. The predicted octanol–water partition coefficient (Wildman–Crippen LogP) is 4.57. The van der Waals surface area contributed by atoms with Gasteiger partial charge in [0.1, 0.15) is 0 Å². The van der Waals surface area contributed by atoms with Gasteiger partial charge < -0.3 is 4.90 Å². The topological polar surface area (TPSA) is 23.1 Å². The van der Waals surface area contributed by atoms with E-state index in [9.17, 15) is 5.11 Å². The van der Waals surface area contributed by atoms with Crippen LogP contribution < -0.4 is 4.90 Å². The smallest absolute Gasteiger partial charge is 0.179 e. The van der Waals surface area contributed by atoms with Gasteiger partial charge in [0, 0.05) is 22.9 Å². The second-order valence-corrected chi connectivity index (χ2v) is 4.96. The van der Waals surface area contributed by atoms with Crippen LogP contribution in [0.5, 0.6) is 5.75 Å². The maximum Gasteiger partial charge on any atom is 0.179 e. The number of benzene rings is 2. The molecule has 0 unspecified atom stereocenters. The first-order valence-electron chi connectivity index (χ1n) is 6.07. The third kappa shape index (κ3) is 2.04. The van der Waals surface area contributed by atoms with Crippen molar-refractivity contribution in [1.82, 2.24) is 0 Å². The van der Waals surface area contributed by atoms with Gasteiger partial charge in [0.15, 0.2) is 5.75 Å². The molecule has 0 amide bonds. The van der Waals surface area contributed by atoms with Crippen molar-refractivity contribution in [3.63, 3.8) is 0 Å². The highest BCUT2D eigenvalue weighted by atomic mass is 35.5. The lowest BCUT2D eigenvalue weighted by atomic mass is 10.0. The molecule has 1 heterocycles. The fourth-order valence-electron chi connectivity index (χ4n) is 2.46. The van der Waals surface area contributed by atoms with Crippen LogP contribution in [-0.4, -0.2) is 6.54 Å². The zero-order chi connectivity index (χ0) is 12.5. The molecular formula is C15H13ClNO. The van der Waals surface area contributed by atoms with E-state index in [2.05, 4.69) is 4.90 Å². The van der Waals surface area contributed by atoms with E-state index in [1.54, 1.807) is 12.1 Å². The van der Waals surface area contributed by atoms with Crippen molar-refractivity contribution in [1.29, 1.82) is 0 Å². The molecule has 0 saturated heterocycles. The Bertz CT molecular complexity index is 565. The van der Waals surface area contributed by atoms with Gasteiger partial charge in [0.2, 0.25) is 0 Å². The van der Waals surface area contributed by atoms with Crippen LogP contribution in [0, 0.1) is 0 Å². The molecule has 0 N–H and O–H groups in total. The normalized spacial score (nSPS) is 14.4. The molecular weight excluding hydrogens is 246 g/mol. The summed E-state index contributed by atoms with van der Waals surface area (Å²) in [5.41, 5.74) is 3.41. The molecule has 0 spiro atoms. The average Bonchev–Trinajstić information content (AvgIpc) is 2.38. The molecule has 0 bridgehead atoms. The van der Waals surface area contributed by atoms with Gasteiger partial charge in [0.05, 0.1) is 0 Å². The van der Waals surface area contributed by atoms with E-state index in [1.807, 2.05) is 30.3 Å². The number of nitrogens with zero attached hydrogens (tertiary/aromatic N) is 1. The van der Waals surface area contributed by atoms with Crippen molar-refractivity contribution in [3.8, 4) is 5.75 Å². The van der Waals surface area contributed by atoms with Crippen LogP contribution in [0.2, 0.25) is 5.02 Å². The molecule has 2 nitrogen and oxygen atoms in total. The third-order valence-corrected chi connectivity index (χ3v) is 3.56. The molecule has 0 atom stereocenters. The first kappa shape index (κ1) is 11.4. The van der Waals surface area contributed by atoms with Crippen LogP contribution in [0.15, 0.2) is 42.5 Å². The highest BCUT2D eigenvalue weighted by Crippen LogP contribution is 2.35. The van der Waals surface area contributed by atoms with Crippen LogP contribution >= 0.6 is 11.6 Å². The summed E-state index contributed by atoms with van der Waals surface area (Å²) in [5.74, 6) is 0.0895. The van der Waals surface area contributed by atoms with Crippen LogP contribution in [0.3, 0.4) is 0 Å². The number of aryl methyl sites for hydroxylation is 1. The van der Waals surface area contributed by atoms with E-state index < -0.39 is 0 Å². The second kappa shape index (κ2) is 4.54. The molecule has 91 valence electrons. The van der Waals surface area contributed by atoms with Gasteiger partial charge in [0.25, 0.3) is 0 Å². The lowest BCUT2D eigenvalue weighted by Crippen LogP contribution is -2.24. The number of rotatable bonds is 1. The van der Waals surface area contributed by atoms with E-state index in [0.717, 1.165) is 41.3 Å². The maximum atomic E-state index is 11.4. The Labute approximate surface area is 111 Å². The van der Waals surface area contributed by atoms with E-state index in [4.69, 9.17) is 11.6 Å². The first-order valence-corrected chi connectivity index (χ1v) is 6.45. The van der Waals surface area contributed by atoms with Crippen molar-refractivity contribution in [3.05, 3.63) is 53.1 Å². The van der Waals surface area contributed by atoms with Crippen molar-refractivity contribution < 1.29 is 5.11 Å². The van der Waals surface area contributed by atoms with Crippen molar-refractivity contribution in [2.45, 2.75) is 12.8 Å². The Balaban J connectivity index is 2.03. The zero-order valence-electron chi connectivity index (χ0n) is 9.90. The Kier molecular flexibility index (Phi) is 2.88. The molecule has 0 aliphatic carbocycles. The molecule has 1 aliphatic heterocycles. The molecule has 1 aliphatic rings. The van der Waals surface area contributed by atoms with Gasteiger partial charge in [-0.2, -0.15) is 0 Å². The van der Waals surface area contributed by atoms with Crippen molar-refractivity contribution >= 4 is 23.0 Å². The van der Waals surface area contributed by atoms with Crippen molar-refractivity contribution in [2.24, 2.45) is 0 Å². The summed E-state index contributed by atoms with van der Waals surface area (Å²) >= 11 is 5.91. The molecule has 2 aromatic rings. The average molecular weight is 259 g/mol. The zero-order valence-corrected chi connectivity index (χ0v) is 10.7. The van der Waals surface area contributed by atoms with Crippen LogP contribution in [0.1, 0.15) is 12.0 Å². The summed E-state index contributed by atoms with van der Waals surface area (Å²) in [6.07, 6.45) is 2.05. The quantitative estimate of drug-likeness (QED) is 0.735. The third-order valence-electron chi connectivity index (χ3n) is 3.31. The minimum Gasteiger partial charge on any atom is -0.341 e. The summed E-state index contributed by atoms with van der Waals surface area (Å²) in [5, 5.41) is 12.1. The number of anilines is 2. The largest absolute Gasteiger partial charge is 0.341 e. The standard InChI is InChI=1S/C15H13ClNO/c16-12-3-5-13(6-4-12)17-9-1-2-11-10-14(18)7-8-15(11)17/h3-8,10H,1-2,9H2. The number of hydrogen-bond donors (Lipinski definition) is 0. The Morgan fingerprint density at radius 3 is 2.61 bits per heavy atom. The van der Waals surface area contributed by atoms with Crippen LogP contribution in [-0.2, 0) is 11.5 Å². The first-order chi connectivity index (χ1) is 8.74. The lowest BCUT2D eigenvalue weighted by molar-refractivity contribution is 0.354.